The van der Waals surface area contributed by atoms with Crippen LogP contribution in [0.2, 0.25) is 10.0 Å². The molecule has 0 spiro atoms. The minimum absolute atomic E-state index is 0.0362. The van der Waals surface area contributed by atoms with Crippen molar-refractivity contribution in [1.29, 1.82) is 0 Å². The Hall–Kier alpha value is -3.71. The molecule has 0 amide bonds. The van der Waals surface area contributed by atoms with E-state index in [4.69, 9.17) is 37.4 Å². The van der Waals surface area contributed by atoms with Gasteiger partial charge >= 0.3 is 11.9 Å². The van der Waals surface area contributed by atoms with Gasteiger partial charge in [-0.3, -0.25) is 0 Å². The maximum atomic E-state index is 14.2. The van der Waals surface area contributed by atoms with Crippen LogP contribution in [-0.4, -0.2) is 66.0 Å². The summed E-state index contributed by atoms with van der Waals surface area (Å²) in [5.74, 6) is -2.51. The van der Waals surface area contributed by atoms with Crippen LogP contribution in [-0.2, 0) is 15.3 Å². The van der Waals surface area contributed by atoms with Gasteiger partial charge in [-0.25, -0.2) is 14.0 Å². The number of aromatic nitrogens is 3. The lowest BCUT2D eigenvalue weighted by Gasteiger charge is -2.37. The first-order valence-electron chi connectivity index (χ1n) is 15.3. The third kappa shape index (κ3) is 6.69. The number of piperazine rings is 1. The number of hydrogen-bond donors (Lipinski definition) is 0. The summed E-state index contributed by atoms with van der Waals surface area (Å²) in [6.45, 7) is 6.72. The molecule has 4 aromatic rings. The van der Waals surface area contributed by atoms with Gasteiger partial charge in [-0.1, -0.05) is 36.2 Å². The molecule has 0 bridgehead atoms. The summed E-state index contributed by atoms with van der Waals surface area (Å²) < 4.78 is 62.0. The van der Waals surface area contributed by atoms with E-state index in [-0.39, 0.29) is 40.6 Å². The SMILES string of the molecule is CC[C@@H](C)n1ncn(-c2ccc(N3CCN(c4ccc(OC[C@@H]5CO[C@@](c6ccc(Cl)cc6Cl)(C(F)(F)F)O5)cc4)CC3)cc2)c1=O. The van der Waals surface area contributed by atoms with E-state index in [2.05, 4.69) is 14.9 Å². The minimum atomic E-state index is -4.88. The third-order valence-electron chi connectivity index (χ3n) is 8.58. The summed E-state index contributed by atoms with van der Waals surface area (Å²) >= 11 is 12.0. The second-order valence-electron chi connectivity index (χ2n) is 11.6. The first-order chi connectivity index (χ1) is 22.5. The van der Waals surface area contributed by atoms with Crippen LogP contribution < -0.4 is 20.2 Å². The molecule has 0 radical (unpaired) electrons. The zero-order valence-corrected chi connectivity index (χ0v) is 27.3. The first kappa shape index (κ1) is 33.2. The second kappa shape index (κ2) is 13.4. The van der Waals surface area contributed by atoms with Gasteiger partial charge in [0.05, 0.1) is 23.4 Å². The van der Waals surface area contributed by atoms with Crippen molar-refractivity contribution in [3.63, 3.8) is 0 Å². The van der Waals surface area contributed by atoms with Gasteiger partial charge in [0, 0.05) is 48.1 Å². The molecule has 2 saturated heterocycles. The Morgan fingerprint density at radius 1 is 0.957 bits per heavy atom. The molecule has 1 aromatic heterocycles. The maximum Gasteiger partial charge on any atom is 0.448 e. The van der Waals surface area contributed by atoms with Crippen molar-refractivity contribution >= 4 is 34.6 Å². The van der Waals surface area contributed by atoms with Crippen LogP contribution in [0.4, 0.5) is 24.5 Å². The first-order valence-corrected chi connectivity index (χ1v) is 16.1. The summed E-state index contributed by atoms with van der Waals surface area (Å²) in [5.41, 5.74) is 2.35. The van der Waals surface area contributed by atoms with E-state index in [1.807, 2.05) is 50.2 Å². The number of benzene rings is 3. The largest absolute Gasteiger partial charge is 0.491 e. The highest BCUT2D eigenvalue weighted by Gasteiger charge is 2.64. The quantitative estimate of drug-likeness (QED) is 0.190. The van der Waals surface area contributed by atoms with Crippen LogP contribution in [0, 0.1) is 0 Å². The normalized spacial score (nSPS) is 20.9. The van der Waals surface area contributed by atoms with Gasteiger partial charge in [0.25, 0.3) is 5.79 Å². The van der Waals surface area contributed by atoms with E-state index < -0.39 is 18.1 Å². The molecule has 0 unspecified atom stereocenters. The summed E-state index contributed by atoms with van der Waals surface area (Å²) in [6.07, 6.45) is -3.47. The topological polar surface area (TPSA) is 74.0 Å². The Morgan fingerprint density at radius 3 is 2.13 bits per heavy atom. The van der Waals surface area contributed by atoms with Crippen LogP contribution in [0.5, 0.6) is 5.75 Å². The molecule has 47 heavy (non-hydrogen) atoms. The highest BCUT2D eigenvalue weighted by Crippen LogP contribution is 2.49. The highest BCUT2D eigenvalue weighted by atomic mass is 35.5. The average Bonchev–Trinajstić information content (AvgIpc) is 3.68. The second-order valence-corrected chi connectivity index (χ2v) is 12.4. The lowest BCUT2D eigenvalue weighted by Crippen LogP contribution is -2.46. The summed E-state index contributed by atoms with van der Waals surface area (Å²) in [5, 5.41) is 4.26. The lowest BCUT2D eigenvalue weighted by molar-refractivity contribution is -0.357. The molecule has 2 aliphatic rings. The molecule has 6 rings (SSSR count). The van der Waals surface area contributed by atoms with Crippen LogP contribution in [0.15, 0.2) is 77.9 Å². The zero-order valence-electron chi connectivity index (χ0n) is 25.8. The molecular weight excluding hydrogens is 658 g/mol. The number of ether oxygens (including phenoxy) is 3. The van der Waals surface area contributed by atoms with Gasteiger partial charge in [0.15, 0.2) is 0 Å². The number of alkyl halides is 3. The minimum Gasteiger partial charge on any atom is -0.491 e. The fourth-order valence-electron chi connectivity index (χ4n) is 5.75. The van der Waals surface area contributed by atoms with E-state index in [9.17, 15) is 18.0 Å². The van der Waals surface area contributed by atoms with Crippen molar-refractivity contribution in [2.45, 2.75) is 44.4 Å². The van der Waals surface area contributed by atoms with Gasteiger partial charge in [0.2, 0.25) is 0 Å². The van der Waals surface area contributed by atoms with Crippen LogP contribution in [0.3, 0.4) is 0 Å². The van der Waals surface area contributed by atoms with E-state index >= 15 is 0 Å². The van der Waals surface area contributed by atoms with Crippen molar-refractivity contribution < 1.29 is 27.4 Å². The smallest absolute Gasteiger partial charge is 0.448 e. The predicted octanol–water partition coefficient (Wildman–Crippen LogP) is 6.85. The van der Waals surface area contributed by atoms with Crippen molar-refractivity contribution in [3.8, 4) is 11.4 Å². The molecule has 2 fully saturated rings. The van der Waals surface area contributed by atoms with Gasteiger partial charge in [-0.2, -0.15) is 18.3 Å². The van der Waals surface area contributed by atoms with E-state index in [0.29, 0.717) is 5.75 Å². The van der Waals surface area contributed by atoms with Crippen molar-refractivity contribution in [1.82, 2.24) is 14.3 Å². The molecule has 9 nitrogen and oxygen atoms in total. The predicted molar refractivity (Wildman–Crippen MR) is 174 cm³/mol. The van der Waals surface area contributed by atoms with Crippen molar-refractivity contribution in [2.24, 2.45) is 0 Å². The molecule has 0 saturated carbocycles. The third-order valence-corrected chi connectivity index (χ3v) is 9.12. The number of halogens is 5. The van der Waals surface area contributed by atoms with E-state index in [0.717, 1.165) is 55.7 Å². The highest BCUT2D eigenvalue weighted by molar-refractivity contribution is 6.35. The summed E-state index contributed by atoms with van der Waals surface area (Å²) in [4.78, 5) is 17.3. The number of nitrogens with zero attached hydrogens (tertiary/aromatic N) is 5. The Bertz CT molecular complexity index is 1740. The lowest BCUT2D eigenvalue weighted by atomic mass is 10.1. The standard InChI is InChI=1S/C33H34Cl2F3N5O4/c1-3-22(2)43-31(44)42(21-39-43)26-7-5-24(6-8-26)40-14-16-41(17-15-40)25-9-11-27(12-10-25)45-19-28-20-46-32(47-28,33(36,37)38)29-13-4-23(34)18-30(29)35/h4-13,18,21-22,28H,3,14-17,19-20H2,1-2H3/t22-,28-,32-/m1/s1. The number of hydrogen-bond acceptors (Lipinski definition) is 7. The van der Waals surface area contributed by atoms with Crippen molar-refractivity contribution in [3.05, 3.63) is 99.2 Å². The van der Waals surface area contributed by atoms with Crippen LogP contribution in [0.1, 0.15) is 31.9 Å². The summed E-state index contributed by atoms with van der Waals surface area (Å²) in [6, 6.07) is 19.1. The van der Waals surface area contributed by atoms with Gasteiger partial charge in [-0.15, -0.1) is 0 Å². The molecule has 3 atom stereocenters. The molecule has 3 aromatic carbocycles. The molecular formula is C33H34Cl2F3N5O4. The maximum absolute atomic E-state index is 14.2. The number of rotatable bonds is 9. The Labute approximate surface area is 279 Å². The fourth-order valence-corrected chi connectivity index (χ4v) is 6.29. The van der Waals surface area contributed by atoms with E-state index in [1.54, 1.807) is 23.0 Å². The molecule has 3 heterocycles. The Balaban J connectivity index is 1.02. The van der Waals surface area contributed by atoms with Crippen molar-refractivity contribution in [2.75, 3.05) is 49.2 Å². The molecule has 250 valence electrons. The Kier molecular flexibility index (Phi) is 9.48. The van der Waals surface area contributed by atoms with Crippen LogP contribution >= 0.6 is 23.2 Å². The average molecular weight is 693 g/mol. The zero-order chi connectivity index (χ0) is 33.3. The van der Waals surface area contributed by atoms with Gasteiger partial charge in [0.1, 0.15) is 24.8 Å². The number of anilines is 2. The fraction of sp³-hybridized carbons (Fsp3) is 0.394. The monoisotopic (exact) mass is 691 g/mol. The Morgan fingerprint density at radius 2 is 1.55 bits per heavy atom. The van der Waals surface area contributed by atoms with Crippen LogP contribution in [0.25, 0.3) is 5.69 Å². The van der Waals surface area contributed by atoms with E-state index in [1.165, 1.54) is 16.8 Å². The molecule has 0 aliphatic carbocycles. The molecule has 0 N–H and O–H groups in total. The van der Waals surface area contributed by atoms with Gasteiger partial charge < -0.3 is 24.0 Å². The summed E-state index contributed by atoms with van der Waals surface area (Å²) in [7, 11) is 0. The molecule has 14 heteroatoms. The van der Waals surface area contributed by atoms with Gasteiger partial charge in [-0.05, 0) is 74.0 Å². The molecule has 2 aliphatic heterocycles.